The Morgan fingerprint density at radius 3 is 1.69 bits per heavy atom. The molecule has 0 atom stereocenters. The van der Waals surface area contributed by atoms with Gasteiger partial charge < -0.3 is 4.98 Å². The number of aromatic nitrogens is 1. The predicted octanol–water partition coefficient (Wildman–Crippen LogP) is 7.67. The average Bonchev–Trinajstić information content (AvgIpc) is 3.23. The normalized spacial score (nSPS) is 11.3. The minimum atomic E-state index is 1.15. The molecule has 0 unspecified atom stereocenters. The van der Waals surface area contributed by atoms with E-state index in [0.29, 0.717) is 0 Å². The average molecular weight is 371 g/mol. The lowest BCUT2D eigenvalue weighted by atomic mass is 10.0. The molecule has 0 fully saturated rings. The molecule has 0 spiro atoms. The Morgan fingerprint density at radius 1 is 0.483 bits per heavy atom. The number of hydrogen-bond acceptors (Lipinski definition) is 0. The summed E-state index contributed by atoms with van der Waals surface area (Å²) in [6.45, 7) is 0. The summed E-state index contributed by atoms with van der Waals surface area (Å²) in [7, 11) is 0. The number of para-hydroxylation sites is 1. The second kappa shape index (κ2) is 7.65. The Bertz CT molecular complexity index is 1220. The summed E-state index contributed by atoms with van der Waals surface area (Å²) in [5.74, 6) is 0. The highest BCUT2D eigenvalue weighted by atomic mass is 14.7. The van der Waals surface area contributed by atoms with Crippen molar-refractivity contribution in [1.82, 2.24) is 4.98 Å². The van der Waals surface area contributed by atoms with Crippen LogP contribution in [-0.4, -0.2) is 4.98 Å². The third-order valence-corrected chi connectivity index (χ3v) is 5.24. The second-order valence-electron chi connectivity index (χ2n) is 7.21. The van der Waals surface area contributed by atoms with Gasteiger partial charge in [0.05, 0.1) is 0 Å². The minimum absolute atomic E-state index is 1.15. The van der Waals surface area contributed by atoms with Crippen molar-refractivity contribution in [3.8, 4) is 22.4 Å². The third-order valence-electron chi connectivity index (χ3n) is 5.24. The number of nitrogens with one attached hydrogen (secondary N) is 1. The first-order valence-electron chi connectivity index (χ1n) is 9.87. The zero-order valence-electron chi connectivity index (χ0n) is 16.0. The summed E-state index contributed by atoms with van der Waals surface area (Å²) >= 11 is 0. The Labute approximate surface area is 171 Å². The van der Waals surface area contributed by atoms with Gasteiger partial charge in [0.2, 0.25) is 0 Å². The zero-order chi connectivity index (χ0) is 19.5. The van der Waals surface area contributed by atoms with E-state index in [0.717, 1.165) is 5.69 Å². The Hall–Kier alpha value is -3.84. The highest BCUT2D eigenvalue weighted by molar-refractivity contribution is 5.86. The Balaban J connectivity index is 1.32. The van der Waals surface area contributed by atoms with Crippen LogP contribution in [0.2, 0.25) is 0 Å². The van der Waals surface area contributed by atoms with E-state index in [9.17, 15) is 0 Å². The Morgan fingerprint density at radius 2 is 1.03 bits per heavy atom. The molecule has 1 heterocycles. The van der Waals surface area contributed by atoms with Crippen LogP contribution in [-0.2, 0) is 0 Å². The fourth-order valence-electron chi connectivity index (χ4n) is 3.61. The maximum atomic E-state index is 3.49. The zero-order valence-corrected chi connectivity index (χ0v) is 16.0. The van der Waals surface area contributed by atoms with Crippen LogP contribution in [0.25, 0.3) is 45.4 Å². The minimum Gasteiger partial charge on any atom is -0.355 e. The molecule has 1 N–H and O–H groups in total. The quantitative estimate of drug-likeness (QED) is 0.312. The number of benzene rings is 4. The van der Waals surface area contributed by atoms with E-state index < -0.39 is 0 Å². The highest BCUT2D eigenvalue weighted by Gasteiger charge is 2.02. The molecule has 5 aromatic rings. The first-order chi connectivity index (χ1) is 14.3. The van der Waals surface area contributed by atoms with Gasteiger partial charge in [0, 0.05) is 16.6 Å². The third kappa shape index (κ3) is 3.76. The van der Waals surface area contributed by atoms with Crippen molar-refractivity contribution in [3.63, 3.8) is 0 Å². The molecule has 0 aliphatic carbocycles. The van der Waals surface area contributed by atoms with Gasteiger partial charge in [-0.2, -0.15) is 0 Å². The summed E-state index contributed by atoms with van der Waals surface area (Å²) in [5, 5.41) is 1.24. The number of hydrogen-bond donors (Lipinski definition) is 1. The van der Waals surface area contributed by atoms with Crippen LogP contribution in [0.4, 0.5) is 0 Å². The van der Waals surface area contributed by atoms with Crippen LogP contribution in [0.1, 0.15) is 11.1 Å². The Kier molecular flexibility index (Phi) is 4.56. The smallest absolute Gasteiger partial charge is 0.0464 e. The van der Waals surface area contributed by atoms with Crippen LogP contribution in [0, 0.1) is 0 Å². The standard InChI is InChI=1S/C28H21N/c1-2-6-23(7-3-1)24-16-12-21(13-17-24)10-11-22-14-18-25(19-15-22)28-20-26-8-4-5-9-27(26)29-28/h1-20,29H. The largest absolute Gasteiger partial charge is 0.355 e. The summed E-state index contributed by atoms with van der Waals surface area (Å²) in [5.41, 5.74) is 8.40. The second-order valence-corrected chi connectivity index (χ2v) is 7.21. The summed E-state index contributed by atoms with van der Waals surface area (Å²) < 4.78 is 0. The summed E-state index contributed by atoms with van der Waals surface area (Å²) in [6, 6.07) is 38.4. The van der Waals surface area contributed by atoms with E-state index in [1.165, 1.54) is 38.7 Å². The van der Waals surface area contributed by atoms with Crippen molar-refractivity contribution < 1.29 is 0 Å². The fraction of sp³-hybridized carbons (Fsp3) is 0. The van der Waals surface area contributed by atoms with Crippen molar-refractivity contribution in [2.24, 2.45) is 0 Å². The van der Waals surface area contributed by atoms with E-state index in [1.807, 2.05) is 6.07 Å². The summed E-state index contributed by atoms with van der Waals surface area (Å²) in [4.78, 5) is 3.49. The number of H-pyrrole nitrogens is 1. The monoisotopic (exact) mass is 371 g/mol. The molecule has 0 saturated heterocycles. The van der Waals surface area contributed by atoms with Gasteiger partial charge in [0.1, 0.15) is 0 Å². The molecule has 0 saturated carbocycles. The number of aromatic amines is 1. The van der Waals surface area contributed by atoms with Gasteiger partial charge >= 0.3 is 0 Å². The molecule has 0 aliphatic heterocycles. The first kappa shape index (κ1) is 17.3. The topological polar surface area (TPSA) is 15.8 Å². The van der Waals surface area contributed by atoms with Crippen molar-refractivity contribution in [3.05, 3.63) is 120 Å². The van der Waals surface area contributed by atoms with Crippen LogP contribution in [0.5, 0.6) is 0 Å². The van der Waals surface area contributed by atoms with E-state index in [-0.39, 0.29) is 0 Å². The molecule has 138 valence electrons. The van der Waals surface area contributed by atoms with Gasteiger partial charge in [0.25, 0.3) is 0 Å². The van der Waals surface area contributed by atoms with E-state index >= 15 is 0 Å². The maximum absolute atomic E-state index is 3.49. The molecule has 1 nitrogen and oxygen atoms in total. The lowest BCUT2D eigenvalue weighted by Crippen LogP contribution is -1.79. The van der Waals surface area contributed by atoms with Crippen LogP contribution in [0.3, 0.4) is 0 Å². The lowest BCUT2D eigenvalue weighted by molar-refractivity contribution is 1.45. The molecule has 5 rings (SSSR count). The van der Waals surface area contributed by atoms with Crippen molar-refractivity contribution in [2.45, 2.75) is 0 Å². The molecular formula is C28H21N. The lowest BCUT2D eigenvalue weighted by Gasteiger charge is -2.02. The molecule has 4 aromatic carbocycles. The molecule has 0 bridgehead atoms. The SMILES string of the molecule is C(=Cc1ccc(-c2cc3ccccc3[nH]2)cc1)c1ccc(-c2ccccc2)cc1. The van der Waals surface area contributed by atoms with Gasteiger partial charge in [0.15, 0.2) is 0 Å². The highest BCUT2D eigenvalue weighted by Crippen LogP contribution is 2.25. The van der Waals surface area contributed by atoms with E-state index in [1.54, 1.807) is 0 Å². The number of fused-ring (bicyclic) bond motifs is 1. The predicted molar refractivity (Wildman–Crippen MR) is 125 cm³/mol. The van der Waals surface area contributed by atoms with Gasteiger partial charge in [-0.05, 0) is 39.9 Å². The van der Waals surface area contributed by atoms with E-state index in [2.05, 4.69) is 120 Å². The van der Waals surface area contributed by atoms with Gasteiger partial charge in [-0.1, -0.05) is 109 Å². The van der Waals surface area contributed by atoms with E-state index in [4.69, 9.17) is 0 Å². The van der Waals surface area contributed by atoms with Crippen molar-refractivity contribution in [1.29, 1.82) is 0 Å². The molecule has 1 aromatic heterocycles. The molecule has 0 aliphatic rings. The summed E-state index contributed by atoms with van der Waals surface area (Å²) in [6.07, 6.45) is 4.32. The fourth-order valence-corrected chi connectivity index (χ4v) is 3.61. The van der Waals surface area contributed by atoms with Crippen LogP contribution in [0.15, 0.2) is 109 Å². The first-order valence-corrected chi connectivity index (χ1v) is 9.87. The number of rotatable bonds is 4. The van der Waals surface area contributed by atoms with Gasteiger partial charge in [-0.25, -0.2) is 0 Å². The molecule has 0 radical (unpaired) electrons. The molecule has 0 amide bonds. The van der Waals surface area contributed by atoms with Gasteiger partial charge in [-0.3, -0.25) is 0 Å². The molecular weight excluding hydrogens is 350 g/mol. The molecule has 29 heavy (non-hydrogen) atoms. The van der Waals surface area contributed by atoms with Crippen molar-refractivity contribution >= 4 is 23.1 Å². The van der Waals surface area contributed by atoms with Gasteiger partial charge in [-0.15, -0.1) is 0 Å². The van der Waals surface area contributed by atoms with Crippen LogP contribution >= 0.6 is 0 Å². The molecule has 1 heteroatoms. The maximum Gasteiger partial charge on any atom is 0.0464 e. The van der Waals surface area contributed by atoms with Crippen molar-refractivity contribution in [2.75, 3.05) is 0 Å². The van der Waals surface area contributed by atoms with Crippen LogP contribution < -0.4 is 0 Å².